The Bertz CT molecular complexity index is 295. The third-order valence-corrected chi connectivity index (χ3v) is 2.58. The summed E-state index contributed by atoms with van der Waals surface area (Å²) in [6.45, 7) is 2.12. The second-order valence-electron chi connectivity index (χ2n) is 4.01. The van der Waals surface area contributed by atoms with Gasteiger partial charge in [-0.05, 0) is 24.3 Å². The highest BCUT2D eigenvalue weighted by Crippen LogP contribution is 2.12. The lowest BCUT2D eigenvalue weighted by Gasteiger charge is -2.09. The Hall–Kier alpha value is -1.31. The van der Waals surface area contributed by atoms with Crippen LogP contribution in [0.4, 0.5) is 0 Å². The molecule has 0 unspecified atom stereocenters. The maximum atomic E-state index is 11.1. The van der Waals surface area contributed by atoms with Gasteiger partial charge in [0.2, 0.25) is 5.91 Å². The fourth-order valence-corrected chi connectivity index (χ4v) is 1.58. The van der Waals surface area contributed by atoms with Gasteiger partial charge in [-0.15, -0.1) is 0 Å². The quantitative estimate of drug-likeness (QED) is 0.785. The van der Waals surface area contributed by atoms with Crippen molar-refractivity contribution in [2.24, 2.45) is 5.92 Å². The molecule has 0 radical (unpaired) electrons. The van der Waals surface area contributed by atoms with E-state index in [0.717, 1.165) is 12.8 Å². The van der Waals surface area contributed by atoms with Crippen LogP contribution < -0.4 is 5.32 Å². The molecule has 1 amide bonds. The Morgan fingerprint density at radius 2 is 2.00 bits per heavy atom. The zero-order chi connectivity index (χ0) is 11.1. The Kier molecular flexibility index (Phi) is 4.88. The summed E-state index contributed by atoms with van der Waals surface area (Å²) < 4.78 is 0. The fraction of sp³-hybridized carbons (Fsp3) is 0.462. The molecular weight excluding hydrogens is 186 g/mol. The number of carbonyl (C=O) groups is 1. The van der Waals surface area contributed by atoms with Gasteiger partial charge in [0.25, 0.3) is 0 Å². The molecule has 1 aromatic rings. The highest BCUT2D eigenvalue weighted by atomic mass is 16.1. The van der Waals surface area contributed by atoms with Gasteiger partial charge in [-0.25, -0.2) is 0 Å². The average Bonchev–Trinajstić information content (AvgIpc) is 2.27. The van der Waals surface area contributed by atoms with Crippen molar-refractivity contribution in [3.05, 3.63) is 35.9 Å². The van der Waals surface area contributed by atoms with Crippen LogP contribution in [0.25, 0.3) is 0 Å². The van der Waals surface area contributed by atoms with Crippen molar-refractivity contribution in [3.63, 3.8) is 0 Å². The number of aryl methyl sites for hydroxylation is 1. The molecule has 0 bridgehead atoms. The molecule has 0 aliphatic carbocycles. The molecule has 15 heavy (non-hydrogen) atoms. The molecule has 2 heteroatoms. The van der Waals surface area contributed by atoms with E-state index < -0.39 is 0 Å². The Labute approximate surface area is 91.7 Å². The van der Waals surface area contributed by atoms with Crippen molar-refractivity contribution in [2.75, 3.05) is 7.05 Å². The van der Waals surface area contributed by atoms with E-state index >= 15 is 0 Å². The first-order valence-electron chi connectivity index (χ1n) is 5.47. The molecule has 1 atom stereocenters. The van der Waals surface area contributed by atoms with Crippen LogP contribution in [0, 0.1) is 5.92 Å². The van der Waals surface area contributed by atoms with Crippen molar-refractivity contribution >= 4 is 5.91 Å². The molecule has 2 nitrogen and oxygen atoms in total. The predicted octanol–water partition coefficient (Wildman–Crippen LogP) is 2.39. The van der Waals surface area contributed by atoms with Gasteiger partial charge in [0.1, 0.15) is 0 Å². The zero-order valence-corrected chi connectivity index (χ0v) is 9.49. The largest absolute Gasteiger partial charge is 0.359 e. The Morgan fingerprint density at radius 3 is 2.60 bits per heavy atom. The average molecular weight is 205 g/mol. The van der Waals surface area contributed by atoms with E-state index in [1.165, 1.54) is 5.56 Å². The summed E-state index contributed by atoms with van der Waals surface area (Å²) in [5.41, 5.74) is 1.35. The van der Waals surface area contributed by atoms with Gasteiger partial charge in [0.15, 0.2) is 0 Å². The van der Waals surface area contributed by atoms with Gasteiger partial charge in [-0.1, -0.05) is 37.3 Å². The summed E-state index contributed by atoms with van der Waals surface area (Å²) in [5.74, 6) is 0.584. The first-order valence-corrected chi connectivity index (χ1v) is 5.47. The third kappa shape index (κ3) is 4.63. The Morgan fingerprint density at radius 1 is 1.33 bits per heavy atom. The molecule has 0 fully saturated rings. The zero-order valence-electron chi connectivity index (χ0n) is 9.49. The molecule has 0 aliphatic rings. The molecule has 82 valence electrons. The number of hydrogen-bond donors (Lipinski definition) is 1. The summed E-state index contributed by atoms with van der Waals surface area (Å²) in [5, 5.41) is 2.66. The van der Waals surface area contributed by atoms with Crippen LogP contribution in [0.2, 0.25) is 0 Å². The lowest BCUT2D eigenvalue weighted by molar-refractivity contribution is -0.121. The van der Waals surface area contributed by atoms with Crippen molar-refractivity contribution in [1.82, 2.24) is 5.32 Å². The minimum absolute atomic E-state index is 0.135. The van der Waals surface area contributed by atoms with Crippen molar-refractivity contribution in [2.45, 2.75) is 26.2 Å². The topological polar surface area (TPSA) is 29.1 Å². The number of hydrogen-bond acceptors (Lipinski definition) is 1. The van der Waals surface area contributed by atoms with E-state index in [9.17, 15) is 4.79 Å². The van der Waals surface area contributed by atoms with E-state index in [4.69, 9.17) is 0 Å². The highest BCUT2D eigenvalue weighted by molar-refractivity contribution is 5.75. The summed E-state index contributed by atoms with van der Waals surface area (Å²) in [6.07, 6.45) is 2.75. The molecule has 1 N–H and O–H groups in total. The normalized spacial score (nSPS) is 12.1. The molecule has 0 heterocycles. The number of amides is 1. The summed E-state index contributed by atoms with van der Waals surface area (Å²) in [6, 6.07) is 10.4. The Balaban J connectivity index is 2.28. The lowest BCUT2D eigenvalue weighted by atomic mass is 9.98. The molecule has 0 saturated heterocycles. The number of rotatable bonds is 5. The van der Waals surface area contributed by atoms with Gasteiger partial charge < -0.3 is 5.32 Å². The molecule has 0 spiro atoms. The number of benzene rings is 1. The van der Waals surface area contributed by atoms with E-state index in [-0.39, 0.29) is 5.91 Å². The molecular formula is C13H19NO. The lowest BCUT2D eigenvalue weighted by Crippen LogP contribution is -2.20. The van der Waals surface area contributed by atoms with Crippen LogP contribution in [0.15, 0.2) is 30.3 Å². The number of carbonyl (C=O) groups excluding carboxylic acids is 1. The monoisotopic (exact) mass is 205 g/mol. The van der Waals surface area contributed by atoms with E-state index in [2.05, 4.69) is 36.5 Å². The van der Waals surface area contributed by atoms with Crippen LogP contribution in [0.5, 0.6) is 0 Å². The van der Waals surface area contributed by atoms with E-state index in [1.807, 2.05) is 6.07 Å². The molecule has 0 aromatic heterocycles. The van der Waals surface area contributed by atoms with Gasteiger partial charge >= 0.3 is 0 Å². The highest BCUT2D eigenvalue weighted by Gasteiger charge is 2.07. The molecule has 0 saturated carbocycles. The fourth-order valence-electron chi connectivity index (χ4n) is 1.58. The van der Waals surface area contributed by atoms with Gasteiger partial charge in [-0.2, -0.15) is 0 Å². The molecule has 0 aliphatic heterocycles. The smallest absolute Gasteiger partial charge is 0.220 e. The first-order chi connectivity index (χ1) is 7.22. The van der Waals surface area contributed by atoms with Gasteiger partial charge in [0.05, 0.1) is 0 Å². The maximum Gasteiger partial charge on any atom is 0.220 e. The second-order valence-corrected chi connectivity index (χ2v) is 4.01. The minimum Gasteiger partial charge on any atom is -0.359 e. The van der Waals surface area contributed by atoms with Crippen LogP contribution >= 0.6 is 0 Å². The standard InChI is InChI=1S/C13H19NO/c1-11(10-13(15)14-2)8-9-12-6-4-3-5-7-12/h3-7,11H,8-10H2,1-2H3,(H,14,15)/t11-/m1/s1. The SMILES string of the molecule is CNC(=O)C[C@H](C)CCc1ccccc1. The van der Waals surface area contributed by atoms with E-state index in [1.54, 1.807) is 7.05 Å². The van der Waals surface area contributed by atoms with Crippen LogP contribution in [-0.2, 0) is 11.2 Å². The molecule has 1 aromatic carbocycles. The van der Waals surface area contributed by atoms with E-state index in [0.29, 0.717) is 12.3 Å². The molecule has 1 rings (SSSR count). The van der Waals surface area contributed by atoms with Crippen LogP contribution in [0.1, 0.15) is 25.3 Å². The van der Waals surface area contributed by atoms with Gasteiger partial charge in [0, 0.05) is 13.5 Å². The minimum atomic E-state index is 0.135. The van der Waals surface area contributed by atoms with Crippen molar-refractivity contribution in [1.29, 1.82) is 0 Å². The van der Waals surface area contributed by atoms with Gasteiger partial charge in [-0.3, -0.25) is 4.79 Å². The second kappa shape index (κ2) is 6.23. The predicted molar refractivity (Wildman–Crippen MR) is 62.6 cm³/mol. The van der Waals surface area contributed by atoms with Crippen LogP contribution in [0.3, 0.4) is 0 Å². The maximum absolute atomic E-state index is 11.1. The summed E-state index contributed by atoms with van der Waals surface area (Å²) >= 11 is 0. The van der Waals surface area contributed by atoms with Crippen LogP contribution in [-0.4, -0.2) is 13.0 Å². The number of nitrogens with one attached hydrogen (secondary N) is 1. The third-order valence-electron chi connectivity index (χ3n) is 2.58. The van der Waals surface area contributed by atoms with Crippen molar-refractivity contribution in [3.8, 4) is 0 Å². The summed E-state index contributed by atoms with van der Waals surface area (Å²) in [4.78, 5) is 11.1. The van der Waals surface area contributed by atoms with Crippen molar-refractivity contribution < 1.29 is 4.79 Å². The summed E-state index contributed by atoms with van der Waals surface area (Å²) in [7, 11) is 1.69. The first kappa shape index (κ1) is 11.8.